The van der Waals surface area contributed by atoms with Crippen LogP contribution in [0.1, 0.15) is 13.8 Å². The lowest BCUT2D eigenvalue weighted by molar-refractivity contribution is -0.139. The minimum Gasteiger partial charge on any atom is -0.297 e. The van der Waals surface area contributed by atoms with E-state index < -0.39 is 0 Å². The molecule has 4 heteroatoms. The molecule has 0 saturated heterocycles. The van der Waals surface area contributed by atoms with Crippen LogP contribution < -0.4 is 5.32 Å². The van der Waals surface area contributed by atoms with E-state index in [-0.39, 0.29) is 18.0 Å². The van der Waals surface area contributed by atoms with Gasteiger partial charge < -0.3 is 0 Å². The zero-order chi connectivity index (χ0) is 9.14. The molecule has 1 rings (SSSR count). The number of imide groups is 1. The first-order chi connectivity index (χ1) is 5.66. The topological polar surface area (TPSA) is 49.4 Å². The molecule has 1 unspecified atom stereocenters. The molecule has 0 spiro atoms. The molecule has 0 fully saturated rings. The van der Waals surface area contributed by atoms with Crippen molar-refractivity contribution in [1.29, 1.82) is 0 Å². The van der Waals surface area contributed by atoms with Crippen LogP contribution in [0.3, 0.4) is 0 Å². The molecule has 0 aliphatic carbocycles. The van der Waals surface area contributed by atoms with Gasteiger partial charge in [-0.3, -0.25) is 19.8 Å². The highest BCUT2D eigenvalue weighted by Gasteiger charge is 2.27. The van der Waals surface area contributed by atoms with E-state index in [1.807, 2.05) is 6.92 Å². The largest absolute Gasteiger partial charge is 0.297 e. The van der Waals surface area contributed by atoms with Gasteiger partial charge in [0, 0.05) is 12.2 Å². The lowest BCUT2D eigenvalue weighted by atomic mass is 10.4. The standard InChI is InChI=1S/C8H12N2O2/c1-3-9-6(2)10-7(11)4-5-8(10)12/h4-6,9H,3H2,1-2H3. The summed E-state index contributed by atoms with van der Waals surface area (Å²) >= 11 is 0. The number of hydrogen-bond acceptors (Lipinski definition) is 3. The van der Waals surface area contributed by atoms with Gasteiger partial charge in [-0.05, 0) is 13.5 Å². The van der Waals surface area contributed by atoms with Crippen molar-refractivity contribution in [3.8, 4) is 0 Å². The molecule has 12 heavy (non-hydrogen) atoms. The molecule has 1 atom stereocenters. The number of nitrogens with one attached hydrogen (secondary N) is 1. The summed E-state index contributed by atoms with van der Waals surface area (Å²) in [6, 6.07) is 0. The second-order valence-corrected chi connectivity index (χ2v) is 2.61. The van der Waals surface area contributed by atoms with Crippen molar-refractivity contribution in [3.63, 3.8) is 0 Å². The quantitative estimate of drug-likeness (QED) is 0.597. The van der Waals surface area contributed by atoms with Gasteiger partial charge in [-0.1, -0.05) is 6.92 Å². The smallest absolute Gasteiger partial charge is 0.254 e. The van der Waals surface area contributed by atoms with Crippen LogP contribution >= 0.6 is 0 Å². The van der Waals surface area contributed by atoms with E-state index in [1.54, 1.807) is 6.92 Å². The van der Waals surface area contributed by atoms with Crippen molar-refractivity contribution in [2.24, 2.45) is 0 Å². The summed E-state index contributed by atoms with van der Waals surface area (Å²) in [5.41, 5.74) is 0. The molecule has 66 valence electrons. The van der Waals surface area contributed by atoms with Crippen molar-refractivity contribution in [2.75, 3.05) is 6.54 Å². The van der Waals surface area contributed by atoms with Gasteiger partial charge in [-0.15, -0.1) is 0 Å². The van der Waals surface area contributed by atoms with E-state index in [0.29, 0.717) is 0 Å². The fourth-order valence-electron chi connectivity index (χ4n) is 1.18. The third-order valence-corrected chi connectivity index (χ3v) is 1.73. The third-order valence-electron chi connectivity index (χ3n) is 1.73. The number of nitrogens with zero attached hydrogens (tertiary/aromatic N) is 1. The van der Waals surface area contributed by atoms with Crippen molar-refractivity contribution < 1.29 is 9.59 Å². The molecule has 1 heterocycles. The Balaban J connectivity index is 2.63. The average molecular weight is 168 g/mol. The van der Waals surface area contributed by atoms with Crippen LogP contribution in [0.4, 0.5) is 0 Å². The van der Waals surface area contributed by atoms with Gasteiger partial charge in [0.25, 0.3) is 11.8 Å². The number of rotatable bonds is 3. The minimum atomic E-state index is -0.242. The second-order valence-electron chi connectivity index (χ2n) is 2.61. The molecule has 0 aromatic heterocycles. The molecule has 0 aromatic carbocycles. The third kappa shape index (κ3) is 1.53. The maximum atomic E-state index is 11.1. The number of amides is 2. The fraction of sp³-hybridized carbons (Fsp3) is 0.500. The minimum absolute atomic E-state index is 0.218. The van der Waals surface area contributed by atoms with Crippen LogP contribution in [0.2, 0.25) is 0 Å². The second kappa shape index (κ2) is 3.49. The van der Waals surface area contributed by atoms with Gasteiger partial charge in [0.2, 0.25) is 0 Å². The Labute approximate surface area is 71.2 Å². The lowest BCUT2D eigenvalue weighted by Gasteiger charge is -2.22. The van der Waals surface area contributed by atoms with Crippen molar-refractivity contribution >= 4 is 11.8 Å². The first kappa shape index (κ1) is 8.93. The SMILES string of the molecule is CCNC(C)N1C(=O)C=CC1=O. The number of hydrogen-bond donors (Lipinski definition) is 1. The van der Waals surface area contributed by atoms with Gasteiger partial charge in [0.15, 0.2) is 0 Å². The van der Waals surface area contributed by atoms with E-state index >= 15 is 0 Å². The Bertz CT molecular complexity index is 217. The molecule has 1 N–H and O–H groups in total. The van der Waals surface area contributed by atoms with E-state index in [0.717, 1.165) is 6.54 Å². The van der Waals surface area contributed by atoms with Crippen molar-refractivity contribution in [2.45, 2.75) is 20.0 Å². The van der Waals surface area contributed by atoms with Gasteiger partial charge in [-0.25, -0.2) is 0 Å². The molecule has 0 saturated carbocycles. The van der Waals surface area contributed by atoms with Gasteiger partial charge in [-0.2, -0.15) is 0 Å². The first-order valence-electron chi connectivity index (χ1n) is 3.95. The van der Waals surface area contributed by atoms with Gasteiger partial charge in [0.1, 0.15) is 0 Å². The predicted molar refractivity (Wildman–Crippen MR) is 44.1 cm³/mol. The molecule has 2 amide bonds. The van der Waals surface area contributed by atoms with Crippen LogP contribution in [-0.4, -0.2) is 29.4 Å². The number of carbonyl (C=O) groups excluding carboxylic acids is 2. The monoisotopic (exact) mass is 168 g/mol. The molecular weight excluding hydrogens is 156 g/mol. The van der Waals surface area contributed by atoms with Crippen molar-refractivity contribution in [3.05, 3.63) is 12.2 Å². The normalized spacial score (nSPS) is 19.0. The van der Waals surface area contributed by atoms with E-state index in [2.05, 4.69) is 5.32 Å². The maximum absolute atomic E-state index is 11.1. The van der Waals surface area contributed by atoms with Crippen LogP contribution in [0.15, 0.2) is 12.2 Å². The summed E-state index contributed by atoms with van der Waals surface area (Å²) in [5.74, 6) is -0.484. The van der Waals surface area contributed by atoms with Crippen molar-refractivity contribution in [1.82, 2.24) is 10.2 Å². The van der Waals surface area contributed by atoms with Gasteiger partial charge in [0.05, 0.1) is 6.17 Å². The summed E-state index contributed by atoms with van der Waals surface area (Å²) < 4.78 is 0. The molecule has 0 bridgehead atoms. The highest BCUT2D eigenvalue weighted by Crippen LogP contribution is 2.06. The Kier molecular flexibility index (Phi) is 2.60. The summed E-state index contributed by atoms with van der Waals surface area (Å²) in [5, 5.41) is 2.99. The first-order valence-corrected chi connectivity index (χ1v) is 3.95. The molecule has 0 aromatic rings. The average Bonchev–Trinajstić information content (AvgIpc) is 2.32. The van der Waals surface area contributed by atoms with Crippen LogP contribution in [-0.2, 0) is 9.59 Å². The number of carbonyl (C=O) groups is 2. The van der Waals surface area contributed by atoms with Crippen LogP contribution in [0, 0.1) is 0 Å². The molecule has 1 aliphatic heterocycles. The Hall–Kier alpha value is -1.16. The molecule has 0 radical (unpaired) electrons. The lowest BCUT2D eigenvalue weighted by Crippen LogP contribution is -2.46. The Morgan fingerprint density at radius 1 is 1.42 bits per heavy atom. The maximum Gasteiger partial charge on any atom is 0.254 e. The molecular formula is C8H12N2O2. The van der Waals surface area contributed by atoms with E-state index in [1.165, 1.54) is 17.1 Å². The van der Waals surface area contributed by atoms with Gasteiger partial charge >= 0.3 is 0 Å². The van der Waals surface area contributed by atoms with Crippen LogP contribution in [0.5, 0.6) is 0 Å². The highest BCUT2D eigenvalue weighted by molar-refractivity contribution is 6.13. The Morgan fingerprint density at radius 2 is 1.92 bits per heavy atom. The zero-order valence-corrected chi connectivity index (χ0v) is 7.20. The summed E-state index contributed by atoms with van der Waals surface area (Å²) in [7, 11) is 0. The highest BCUT2D eigenvalue weighted by atomic mass is 16.2. The fourth-order valence-corrected chi connectivity index (χ4v) is 1.18. The predicted octanol–water partition coefficient (Wildman–Crippen LogP) is -0.133. The van der Waals surface area contributed by atoms with Crippen LogP contribution in [0.25, 0.3) is 0 Å². The summed E-state index contributed by atoms with van der Waals surface area (Å²) in [6.07, 6.45) is 2.36. The Morgan fingerprint density at radius 3 is 2.33 bits per heavy atom. The zero-order valence-electron chi connectivity index (χ0n) is 7.20. The molecule has 4 nitrogen and oxygen atoms in total. The summed E-state index contributed by atoms with van der Waals surface area (Å²) in [6.45, 7) is 4.44. The van der Waals surface area contributed by atoms with E-state index in [9.17, 15) is 9.59 Å². The van der Waals surface area contributed by atoms with E-state index in [4.69, 9.17) is 0 Å². The molecule has 1 aliphatic rings. The summed E-state index contributed by atoms with van der Waals surface area (Å²) in [4.78, 5) is 23.4.